The lowest BCUT2D eigenvalue weighted by molar-refractivity contribution is -0.114. The molecule has 0 spiro atoms. The molecule has 0 unspecified atom stereocenters. The zero-order chi connectivity index (χ0) is 13.0. The Balaban J connectivity index is 0.000000686. The van der Waals surface area contributed by atoms with Crippen LogP contribution < -0.4 is 11.0 Å². The van der Waals surface area contributed by atoms with Gasteiger partial charge in [0, 0.05) is 14.0 Å². The largest absolute Gasteiger partial charge is 0.327 e. The van der Waals surface area contributed by atoms with Gasteiger partial charge in [-0.25, -0.2) is 14.8 Å². The molecule has 0 radical (unpaired) electrons. The fourth-order valence-corrected chi connectivity index (χ4v) is 1.33. The van der Waals surface area contributed by atoms with Gasteiger partial charge >= 0.3 is 5.69 Å². The summed E-state index contributed by atoms with van der Waals surface area (Å²) >= 11 is 0. The summed E-state index contributed by atoms with van der Waals surface area (Å²) in [6, 6.07) is 0. The van der Waals surface area contributed by atoms with E-state index >= 15 is 0 Å². The maximum absolute atomic E-state index is 11.3. The molecule has 0 atom stereocenters. The van der Waals surface area contributed by atoms with E-state index in [4.69, 9.17) is 0 Å². The molecule has 0 fully saturated rings. The van der Waals surface area contributed by atoms with Gasteiger partial charge in [-0.1, -0.05) is 13.8 Å². The Kier molecular flexibility index (Phi) is 3.97. The SMILES string of the molecule is CC.CC(=O)Nc1ncnc2[nH]c(=O)n(C)c12. The molecule has 0 aliphatic heterocycles. The minimum absolute atomic E-state index is 0.247. The van der Waals surface area contributed by atoms with Gasteiger partial charge in [-0.05, 0) is 0 Å². The van der Waals surface area contributed by atoms with Crippen LogP contribution in [-0.4, -0.2) is 25.4 Å². The Morgan fingerprint density at radius 1 is 1.41 bits per heavy atom. The second-order valence-corrected chi connectivity index (χ2v) is 3.09. The monoisotopic (exact) mass is 237 g/mol. The summed E-state index contributed by atoms with van der Waals surface area (Å²) in [5.74, 6) is 0.0806. The van der Waals surface area contributed by atoms with Gasteiger partial charge in [-0.3, -0.25) is 14.3 Å². The van der Waals surface area contributed by atoms with E-state index in [9.17, 15) is 9.59 Å². The zero-order valence-corrected chi connectivity index (χ0v) is 10.2. The third-order valence-corrected chi connectivity index (χ3v) is 1.98. The van der Waals surface area contributed by atoms with Crippen molar-refractivity contribution in [2.75, 3.05) is 5.32 Å². The lowest BCUT2D eigenvalue weighted by Crippen LogP contribution is -2.14. The van der Waals surface area contributed by atoms with Crippen molar-refractivity contribution in [2.24, 2.45) is 7.05 Å². The van der Waals surface area contributed by atoms with Crippen LogP contribution in [0.2, 0.25) is 0 Å². The average Bonchev–Trinajstić information content (AvgIpc) is 2.58. The summed E-state index contributed by atoms with van der Waals surface area (Å²) in [4.78, 5) is 32.5. The van der Waals surface area contributed by atoms with Gasteiger partial charge in [0.25, 0.3) is 0 Å². The summed E-state index contributed by atoms with van der Waals surface area (Å²) in [6.07, 6.45) is 1.28. The van der Waals surface area contributed by atoms with Gasteiger partial charge < -0.3 is 5.32 Å². The molecule has 0 aromatic carbocycles. The van der Waals surface area contributed by atoms with Crippen molar-refractivity contribution < 1.29 is 4.79 Å². The molecule has 0 saturated heterocycles. The molecule has 2 rings (SSSR count). The minimum Gasteiger partial charge on any atom is -0.309 e. The van der Waals surface area contributed by atoms with Gasteiger partial charge in [-0.15, -0.1) is 0 Å². The second kappa shape index (κ2) is 5.24. The molecule has 0 aliphatic carbocycles. The number of hydrogen-bond acceptors (Lipinski definition) is 4. The molecular formula is C10H15N5O2. The van der Waals surface area contributed by atoms with Crippen LogP contribution in [0.15, 0.2) is 11.1 Å². The van der Waals surface area contributed by atoms with Gasteiger partial charge in [0.2, 0.25) is 5.91 Å². The van der Waals surface area contributed by atoms with Gasteiger partial charge in [-0.2, -0.15) is 0 Å². The number of H-pyrrole nitrogens is 1. The first-order valence-electron chi connectivity index (χ1n) is 5.27. The highest BCUT2D eigenvalue weighted by molar-refractivity contribution is 5.95. The van der Waals surface area contributed by atoms with Crippen LogP contribution in [0, 0.1) is 0 Å². The van der Waals surface area contributed by atoms with Crippen molar-refractivity contribution in [3.8, 4) is 0 Å². The number of aromatic nitrogens is 4. The van der Waals surface area contributed by atoms with Crippen molar-refractivity contribution in [1.82, 2.24) is 19.5 Å². The Hall–Kier alpha value is -2.18. The van der Waals surface area contributed by atoms with E-state index < -0.39 is 0 Å². The maximum Gasteiger partial charge on any atom is 0.327 e. The molecule has 7 heteroatoms. The number of carbonyl (C=O) groups excluding carboxylic acids is 1. The minimum atomic E-state index is -0.294. The van der Waals surface area contributed by atoms with E-state index in [-0.39, 0.29) is 11.6 Å². The van der Waals surface area contributed by atoms with Crippen LogP contribution in [0.25, 0.3) is 11.2 Å². The predicted octanol–water partition coefficient (Wildman–Crippen LogP) is 0.641. The van der Waals surface area contributed by atoms with Gasteiger partial charge in [0.1, 0.15) is 11.8 Å². The normalized spacial score (nSPS) is 9.65. The summed E-state index contributed by atoms with van der Waals surface area (Å²) < 4.78 is 1.35. The fourth-order valence-electron chi connectivity index (χ4n) is 1.33. The number of rotatable bonds is 1. The van der Waals surface area contributed by atoms with E-state index in [1.807, 2.05) is 13.8 Å². The highest BCUT2D eigenvalue weighted by Crippen LogP contribution is 2.14. The Bertz CT molecular complexity index is 584. The third kappa shape index (κ3) is 2.49. The number of nitrogens with one attached hydrogen (secondary N) is 2. The average molecular weight is 237 g/mol. The highest BCUT2D eigenvalue weighted by Gasteiger charge is 2.10. The smallest absolute Gasteiger partial charge is 0.309 e. The van der Waals surface area contributed by atoms with Crippen LogP contribution in [0.5, 0.6) is 0 Å². The molecule has 0 bridgehead atoms. The number of anilines is 1. The van der Waals surface area contributed by atoms with Crippen LogP contribution in [0.1, 0.15) is 20.8 Å². The second-order valence-electron chi connectivity index (χ2n) is 3.09. The van der Waals surface area contributed by atoms with Crippen molar-refractivity contribution in [3.63, 3.8) is 0 Å². The topological polar surface area (TPSA) is 92.7 Å². The number of aryl methyl sites for hydroxylation is 1. The van der Waals surface area contributed by atoms with Crippen molar-refractivity contribution in [1.29, 1.82) is 0 Å². The van der Waals surface area contributed by atoms with Crippen LogP contribution in [-0.2, 0) is 11.8 Å². The molecule has 17 heavy (non-hydrogen) atoms. The molecule has 2 N–H and O–H groups in total. The number of carbonyl (C=O) groups is 1. The van der Waals surface area contributed by atoms with E-state index in [2.05, 4.69) is 20.3 Å². The summed E-state index contributed by atoms with van der Waals surface area (Å²) in [5.41, 5.74) is 0.594. The molecule has 0 saturated carbocycles. The lowest BCUT2D eigenvalue weighted by atomic mass is 10.4. The lowest BCUT2D eigenvalue weighted by Gasteiger charge is -2.02. The fraction of sp³-hybridized carbons (Fsp3) is 0.400. The van der Waals surface area contributed by atoms with Gasteiger partial charge in [0.15, 0.2) is 11.5 Å². The quantitative estimate of drug-likeness (QED) is 0.761. The number of fused-ring (bicyclic) bond motifs is 1. The van der Waals surface area contributed by atoms with Crippen molar-refractivity contribution in [3.05, 3.63) is 16.8 Å². The molecule has 0 aliphatic rings. The molecular weight excluding hydrogens is 222 g/mol. The van der Waals surface area contributed by atoms with Crippen molar-refractivity contribution in [2.45, 2.75) is 20.8 Å². The van der Waals surface area contributed by atoms with Gasteiger partial charge in [0.05, 0.1) is 0 Å². The number of hydrogen-bond donors (Lipinski definition) is 2. The Morgan fingerprint density at radius 2 is 2.06 bits per heavy atom. The van der Waals surface area contributed by atoms with E-state index in [0.717, 1.165) is 0 Å². The van der Waals surface area contributed by atoms with Crippen LogP contribution >= 0.6 is 0 Å². The number of aromatic amines is 1. The molecule has 2 aromatic rings. The number of nitrogens with zero attached hydrogens (tertiary/aromatic N) is 3. The number of amides is 1. The van der Waals surface area contributed by atoms with E-state index in [0.29, 0.717) is 17.0 Å². The summed E-state index contributed by atoms with van der Waals surface area (Å²) in [7, 11) is 1.58. The molecule has 7 nitrogen and oxygen atoms in total. The summed E-state index contributed by atoms with van der Waals surface area (Å²) in [6.45, 7) is 5.37. The first-order chi connectivity index (χ1) is 8.09. The molecule has 1 amide bonds. The molecule has 2 heterocycles. The maximum atomic E-state index is 11.3. The Labute approximate surface area is 97.9 Å². The summed E-state index contributed by atoms with van der Waals surface area (Å²) in [5, 5.41) is 2.53. The highest BCUT2D eigenvalue weighted by atomic mass is 16.2. The van der Waals surface area contributed by atoms with E-state index in [1.54, 1.807) is 7.05 Å². The predicted molar refractivity (Wildman–Crippen MR) is 64.8 cm³/mol. The van der Waals surface area contributed by atoms with Crippen LogP contribution in [0.4, 0.5) is 5.82 Å². The molecule has 92 valence electrons. The van der Waals surface area contributed by atoms with Crippen molar-refractivity contribution >= 4 is 22.9 Å². The molecule has 2 aromatic heterocycles. The third-order valence-electron chi connectivity index (χ3n) is 1.98. The number of imidazole rings is 1. The first-order valence-corrected chi connectivity index (χ1v) is 5.27. The standard InChI is InChI=1S/C8H9N5O2.C2H6/c1-4(14)11-6-5-7(10-3-9-6)12-8(15)13(5)2;1-2/h3H,1-2H3,(H2,9,10,11,12,14,15);1-2H3. The zero-order valence-electron chi connectivity index (χ0n) is 10.2. The van der Waals surface area contributed by atoms with E-state index in [1.165, 1.54) is 17.8 Å². The first kappa shape index (κ1) is 12.9. The Morgan fingerprint density at radius 3 is 2.65 bits per heavy atom. The van der Waals surface area contributed by atoms with Crippen LogP contribution in [0.3, 0.4) is 0 Å².